The molecule has 3 rings (SSSR count). The number of phenols is 2. The van der Waals surface area contributed by atoms with Gasteiger partial charge in [-0.25, -0.2) is 0 Å². The number of hydrogen-bond donors (Lipinski definition) is 3. The van der Waals surface area contributed by atoms with Crippen LogP contribution in [0.15, 0.2) is 36.4 Å². The standard InChI is InChI=1S/C20H24O6/c1-24-18-8-12(3-5-16(18)21)7-14-10-26-11-15(14)20(23)13-4-6-17(22)19(9-13)25-2/h3-6,8-9,14-15,20-23H,7,10-11H2,1-2H3/t14-,15+,20-/m1/s1. The van der Waals surface area contributed by atoms with E-state index < -0.39 is 6.10 Å². The number of hydrogen-bond acceptors (Lipinski definition) is 6. The lowest BCUT2D eigenvalue weighted by atomic mass is 9.83. The Balaban J connectivity index is 1.77. The predicted molar refractivity (Wildman–Crippen MR) is 95.8 cm³/mol. The summed E-state index contributed by atoms with van der Waals surface area (Å²) in [5.74, 6) is 0.954. The van der Waals surface area contributed by atoms with Crippen molar-refractivity contribution in [3.05, 3.63) is 47.5 Å². The Morgan fingerprint density at radius 2 is 1.65 bits per heavy atom. The number of benzene rings is 2. The molecule has 1 fully saturated rings. The summed E-state index contributed by atoms with van der Waals surface area (Å²) in [6.07, 6.45) is -0.0239. The molecule has 2 aromatic rings. The lowest BCUT2D eigenvalue weighted by Gasteiger charge is -2.24. The maximum absolute atomic E-state index is 10.8. The van der Waals surface area contributed by atoms with E-state index in [0.29, 0.717) is 36.7 Å². The lowest BCUT2D eigenvalue weighted by molar-refractivity contribution is 0.0809. The molecule has 3 atom stereocenters. The molecule has 0 aliphatic carbocycles. The SMILES string of the molecule is COc1cc(C[C@@H]2COC[C@@H]2[C@H](O)c2ccc(O)c(OC)c2)ccc1O. The molecule has 2 aromatic carbocycles. The molecule has 1 heterocycles. The van der Waals surface area contributed by atoms with Crippen molar-refractivity contribution in [2.75, 3.05) is 27.4 Å². The third-order valence-electron chi connectivity index (χ3n) is 4.94. The van der Waals surface area contributed by atoms with Gasteiger partial charge in [-0.05, 0) is 47.7 Å². The summed E-state index contributed by atoms with van der Waals surface area (Å²) in [7, 11) is 2.99. The summed E-state index contributed by atoms with van der Waals surface area (Å²) in [5, 5.41) is 30.3. The first-order valence-electron chi connectivity index (χ1n) is 8.52. The second-order valence-electron chi connectivity index (χ2n) is 6.55. The Labute approximate surface area is 152 Å². The van der Waals surface area contributed by atoms with Crippen LogP contribution in [0.5, 0.6) is 23.0 Å². The van der Waals surface area contributed by atoms with Crippen molar-refractivity contribution in [2.24, 2.45) is 11.8 Å². The number of aromatic hydroxyl groups is 2. The number of rotatable bonds is 6. The highest BCUT2D eigenvalue weighted by molar-refractivity contribution is 5.43. The first-order chi connectivity index (χ1) is 12.5. The second-order valence-corrected chi connectivity index (χ2v) is 6.55. The highest BCUT2D eigenvalue weighted by atomic mass is 16.5. The second kappa shape index (κ2) is 7.85. The van der Waals surface area contributed by atoms with E-state index in [9.17, 15) is 15.3 Å². The monoisotopic (exact) mass is 360 g/mol. The highest BCUT2D eigenvalue weighted by Crippen LogP contribution is 2.38. The minimum Gasteiger partial charge on any atom is -0.504 e. The van der Waals surface area contributed by atoms with E-state index in [4.69, 9.17) is 14.2 Å². The Morgan fingerprint density at radius 1 is 1.00 bits per heavy atom. The van der Waals surface area contributed by atoms with Crippen molar-refractivity contribution < 1.29 is 29.5 Å². The molecule has 0 bridgehead atoms. The van der Waals surface area contributed by atoms with Crippen molar-refractivity contribution in [3.63, 3.8) is 0 Å². The molecule has 6 heteroatoms. The number of methoxy groups -OCH3 is 2. The largest absolute Gasteiger partial charge is 0.504 e. The average molecular weight is 360 g/mol. The Morgan fingerprint density at radius 3 is 2.35 bits per heavy atom. The average Bonchev–Trinajstić information content (AvgIpc) is 3.11. The van der Waals surface area contributed by atoms with Crippen LogP contribution in [-0.4, -0.2) is 42.8 Å². The summed E-state index contributed by atoms with van der Waals surface area (Å²) in [5.41, 5.74) is 1.69. The molecule has 6 nitrogen and oxygen atoms in total. The van der Waals surface area contributed by atoms with Gasteiger partial charge >= 0.3 is 0 Å². The van der Waals surface area contributed by atoms with Crippen molar-refractivity contribution in [1.82, 2.24) is 0 Å². The van der Waals surface area contributed by atoms with Crippen LogP contribution in [0, 0.1) is 11.8 Å². The van der Waals surface area contributed by atoms with Crippen LogP contribution in [0.1, 0.15) is 17.2 Å². The van der Waals surface area contributed by atoms with Gasteiger partial charge in [-0.2, -0.15) is 0 Å². The van der Waals surface area contributed by atoms with E-state index >= 15 is 0 Å². The Hall–Kier alpha value is -2.44. The summed E-state index contributed by atoms with van der Waals surface area (Å²) in [4.78, 5) is 0. The predicted octanol–water partition coefficient (Wildman–Crippen LogP) is 2.65. The number of aliphatic hydroxyl groups is 1. The number of phenolic OH excluding ortho intramolecular Hbond substituents is 2. The van der Waals surface area contributed by atoms with Crippen LogP contribution in [0.3, 0.4) is 0 Å². The van der Waals surface area contributed by atoms with E-state index in [-0.39, 0.29) is 23.3 Å². The van der Waals surface area contributed by atoms with Gasteiger partial charge in [0.05, 0.1) is 33.5 Å². The van der Waals surface area contributed by atoms with Gasteiger partial charge in [-0.15, -0.1) is 0 Å². The normalized spacial score (nSPS) is 20.7. The molecule has 0 saturated carbocycles. The molecule has 26 heavy (non-hydrogen) atoms. The van der Waals surface area contributed by atoms with Crippen molar-refractivity contribution in [3.8, 4) is 23.0 Å². The minimum atomic E-state index is -0.726. The van der Waals surface area contributed by atoms with Crippen LogP contribution in [0.25, 0.3) is 0 Å². The third-order valence-corrected chi connectivity index (χ3v) is 4.94. The zero-order chi connectivity index (χ0) is 18.7. The molecule has 3 N–H and O–H groups in total. The molecule has 0 spiro atoms. The topological polar surface area (TPSA) is 88.4 Å². The van der Waals surface area contributed by atoms with Crippen LogP contribution in [-0.2, 0) is 11.2 Å². The van der Waals surface area contributed by atoms with Gasteiger partial charge in [0.2, 0.25) is 0 Å². The fourth-order valence-electron chi connectivity index (χ4n) is 3.45. The van der Waals surface area contributed by atoms with Crippen molar-refractivity contribution in [2.45, 2.75) is 12.5 Å². The summed E-state index contributed by atoms with van der Waals surface area (Å²) in [6.45, 7) is 1.02. The molecule has 0 amide bonds. The zero-order valence-electron chi connectivity index (χ0n) is 14.9. The van der Waals surface area contributed by atoms with Gasteiger partial charge in [-0.1, -0.05) is 12.1 Å². The van der Waals surface area contributed by atoms with Gasteiger partial charge in [0.15, 0.2) is 23.0 Å². The molecule has 1 saturated heterocycles. The number of aliphatic hydroxyl groups excluding tert-OH is 1. The first-order valence-corrected chi connectivity index (χ1v) is 8.52. The molecule has 0 aromatic heterocycles. The summed E-state index contributed by atoms with van der Waals surface area (Å²) >= 11 is 0. The van der Waals surface area contributed by atoms with E-state index in [1.807, 2.05) is 6.07 Å². The zero-order valence-corrected chi connectivity index (χ0v) is 14.9. The molecule has 0 radical (unpaired) electrons. The smallest absolute Gasteiger partial charge is 0.160 e. The molecular formula is C20H24O6. The third kappa shape index (κ3) is 3.71. The molecular weight excluding hydrogens is 336 g/mol. The highest BCUT2D eigenvalue weighted by Gasteiger charge is 2.35. The van der Waals surface area contributed by atoms with Gasteiger partial charge in [0, 0.05) is 5.92 Å². The Bertz CT molecular complexity index is 760. The minimum absolute atomic E-state index is 0.0406. The van der Waals surface area contributed by atoms with Crippen molar-refractivity contribution >= 4 is 0 Å². The van der Waals surface area contributed by atoms with Crippen LogP contribution >= 0.6 is 0 Å². The van der Waals surface area contributed by atoms with E-state index in [1.165, 1.54) is 20.3 Å². The fourth-order valence-corrected chi connectivity index (χ4v) is 3.45. The van der Waals surface area contributed by atoms with E-state index in [2.05, 4.69) is 0 Å². The van der Waals surface area contributed by atoms with E-state index in [1.54, 1.807) is 24.3 Å². The van der Waals surface area contributed by atoms with Gasteiger partial charge in [0.25, 0.3) is 0 Å². The first kappa shape index (κ1) is 18.4. The van der Waals surface area contributed by atoms with E-state index in [0.717, 1.165) is 5.56 Å². The number of ether oxygens (including phenoxy) is 3. The summed E-state index contributed by atoms with van der Waals surface area (Å²) < 4.78 is 15.9. The maximum Gasteiger partial charge on any atom is 0.160 e. The van der Waals surface area contributed by atoms with Gasteiger partial charge in [-0.3, -0.25) is 0 Å². The Kier molecular flexibility index (Phi) is 5.54. The van der Waals surface area contributed by atoms with Crippen molar-refractivity contribution in [1.29, 1.82) is 0 Å². The molecule has 140 valence electrons. The molecule has 0 unspecified atom stereocenters. The molecule has 1 aliphatic rings. The van der Waals surface area contributed by atoms with Crippen LogP contribution in [0.4, 0.5) is 0 Å². The summed E-state index contributed by atoms with van der Waals surface area (Å²) in [6, 6.07) is 10.1. The fraction of sp³-hybridized carbons (Fsp3) is 0.400. The van der Waals surface area contributed by atoms with Crippen LogP contribution < -0.4 is 9.47 Å². The van der Waals surface area contributed by atoms with Gasteiger partial charge in [0.1, 0.15) is 0 Å². The van der Waals surface area contributed by atoms with Crippen LogP contribution in [0.2, 0.25) is 0 Å². The maximum atomic E-state index is 10.8. The quantitative estimate of drug-likeness (QED) is 0.734. The van der Waals surface area contributed by atoms with Gasteiger partial charge < -0.3 is 29.5 Å². The lowest BCUT2D eigenvalue weighted by Crippen LogP contribution is -2.22. The molecule has 1 aliphatic heterocycles.